The van der Waals surface area contributed by atoms with E-state index in [1.54, 1.807) is 0 Å². The van der Waals surface area contributed by atoms with Gasteiger partial charge in [-0.1, -0.05) is 0 Å². The SMILES string of the molecule is Cl.O=S(=O)(O)CCS(=O)(=O)O. The van der Waals surface area contributed by atoms with Crippen molar-refractivity contribution in [3.63, 3.8) is 0 Å². The molecule has 70 valence electrons. The Kier molecular flexibility index (Phi) is 5.24. The molecular weight excluding hydrogens is 220 g/mol. The highest BCUT2D eigenvalue weighted by Gasteiger charge is 2.11. The summed E-state index contributed by atoms with van der Waals surface area (Å²) in [4.78, 5) is 0. The van der Waals surface area contributed by atoms with Crippen molar-refractivity contribution in [2.24, 2.45) is 0 Å². The van der Waals surface area contributed by atoms with Gasteiger partial charge in [0, 0.05) is 0 Å². The maximum Gasteiger partial charge on any atom is 0.265 e. The summed E-state index contributed by atoms with van der Waals surface area (Å²) < 4.78 is 55.4. The van der Waals surface area contributed by atoms with Gasteiger partial charge >= 0.3 is 0 Å². The molecule has 0 unspecified atom stereocenters. The summed E-state index contributed by atoms with van der Waals surface area (Å²) in [6.45, 7) is 0. The van der Waals surface area contributed by atoms with E-state index in [9.17, 15) is 16.8 Å². The standard InChI is InChI=1S/C2H6O6S2.ClH/c3-9(4,5)1-2-10(6,7)8;/h1-2H2,(H,3,4,5)(H,6,7,8);1H. The van der Waals surface area contributed by atoms with Crippen LogP contribution < -0.4 is 0 Å². The molecule has 0 saturated heterocycles. The van der Waals surface area contributed by atoms with E-state index in [-0.39, 0.29) is 12.4 Å². The second kappa shape index (κ2) is 4.21. The van der Waals surface area contributed by atoms with Crippen LogP contribution in [0, 0.1) is 0 Å². The van der Waals surface area contributed by atoms with Gasteiger partial charge in [0.15, 0.2) is 0 Å². The fourth-order valence-corrected chi connectivity index (χ4v) is 1.90. The van der Waals surface area contributed by atoms with Crippen LogP contribution in [-0.4, -0.2) is 37.4 Å². The van der Waals surface area contributed by atoms with Crippen LogP contribution in [-0.2, 0) is 20.2 Å². The maximum absolute atomic E-state index is 9.86. The zero-order chi connectivity index (χ0) is 8.41. The van der Waals surface area contributed by atoms with Crippen molar-refractivity contribution in [2.75, 3.05) is 11.5 Å². The van der Waals surface area contributed by atoms with Gasteiger partial charge in [-0.25, -0.2) is 0 Å². The lowest BCUT2D eigenvalue weighted by molar-refractivity contribution is 0.472. The number of hydrogen-bond donors (Lipinski definition) is 2. The van der Waals surface area contributed by atoms with Crippen LogP contribution in [0.2, 0.25) is 0 Å². The molecule has 0 spiro atoms. The van der Waals surface area contributed by atoms with Gasteiger partial charge in [0.2, 0.25) is 0 Å². The van der Waals surface area contributed by atoms with Gasteiger partial charge in [-0.2, -0.15) is 16.8 Å². The molecule has 11 heavy (non-hydrogen) atoms. The van der Waals surface area contributed by atoms with Gasteiger partial charge in [0.05, 0.1) is 11.5 Å². The van der Waals surface area contributed by atoms with Crippen molar-refractivity contribution in [3.05, 3.63) is 0 Å². The third-order valence-corrected chi connectivity index (χ3v) is 2.30. The third-order valence-electron chi connectivity index (χ3n) is 0.599. The van der Waals surface area contributed by atoms with Gasteiger partial charge in [-0.05, 0) is 0 Å². The molecule has 0 aromatic carbocycles. The molecule has 0 fully saturated rings. The first-order chi connectivity index (χ1) is 4.21. The largest absolute Gasteiger partial charge is 0.286 e. The molecule has 0 aliphatic heterocycles. The zero-order valence-corrected chi connectivity index (χ0v) is 7.62. The summed E-state index contributed by atoms with van der Waals surface area (Å²) in [5, 5.41) is 0. The number of halogens is 1. The van der Waals surface area contributed by atoms with Gasteiger partial charge in [-0.15, -0.1) is 12.4 Å². The minimum Gasteiger partial charge on any atom is -0.286 e. The molecular formula is C2H7ClO6S2. The molecule has 6 nitrogen and oxygen atoms in total. The highest BCUT2D eigenvalue weighted by atomic mass is 35.5. The van der Waals surface area contributed by atoms with E-state index >= 15 is 0 Å². The summed E-state index contributed by atoms with van der Waals surface area (Å²) in [5.41, 5.74) is 0. The molecule has 0 bridgehead atoms. The quantitative estimate of drug-likeness (QED) is 0.609. The van der Waals surface area contributed by atoms with E-state index in [0.29, 0.717) is 0 Å². The molecule has 0 atom stereocenters. The summed E-state index contributed by atoms with van der Waals surface area (Å²) >= 11 is 0. The smallest absolute Gasteiger partial charge is 0.265 e. The third kappa shape index (κ3) is 13.2. The molecule has 0 saturated carbocycles. The average Bonchev–Trinajstić information content (AvgIpc) is 1.57. The van der Waals surface area contributed by atoms with E-state index in [1.807, 2.05) is 0 Å². The highest BCUT2D eigenvalue weighted by Crippen LogP contribution is 1.86. The minimum absolute atomic E-state index is 0. The predicted molar refractivity (Wildman–Crippen MR) is 40.1 cm³/mol. The summed E-state index contributed by atoms with van der Waals surface area (Å²) in [6, 6.07) is 0. The van der Waals surface area contributed by atoms with Crippen LogP contribution in [0.1, 0.15) is 0 Å². The molecule has 0 rings (SSSR count). The first kappa shape index (κ1) is 13.7. The van der Waals surface area contributed by atoms with Crippen LogP contribution in [0.15, 0.2) is 0 Å². The Hall–Kier alpha value is 0.110. The first-order valence-electron chi connectivity index (χ1n) is 2.11. The van der Waals surface area contributed by atoms with E-state index in [0.717, 1.165) is 0 Å². The average molecular weight is 227 g/mol. The molecule has 0 amide bonds. The lowest BCUT2D eigenvalue weighted by Crippen LogP contribution is -2.15. The summed E-state index contributed by atoms with van der Waals surface area (Å²) in [7, 11) is -8.59. The Morgan fingerprint density at radius 1 is 0.818 bits per heavy atom. The topological polar surface area (TPSA) is 109 Å². The Morgan fingerprint density at radius 2 is 1.00 bits per heavy atom. The number of hydrogen-bond acceptors (Lipinski definition) is 4. The fraction of sp³-hybridized carbons (Fsp3) is 1.00. The molecule has 0 aromatic rings. The maximum atomic E-state index is 9.86. The summed E-state index contributed by atoms with van der Waals surface area (Å²) in [6.07, 6.45) is 0. The fourth-order valence-electron chi connectivity index (χ4n) is 0.211. The Bertz CT molecular complexity index is 255. The zero-order valence-electron chi connectivity index (χ0n) is 5.17. The molecule has 0 aliphatic carbocycles. The highest BCUT2D eigenvalue weighted by molar-refractivity contribution is 7.89. The second-order valence-electron chi connectivity index (χ2n) is 1.57. The number of rotatable bonds is 3. The van der Waals surface area contributed by atoms with Gasteiger partial charge in [-0.3, -0.25) is 9.11 Å². The molecule has 0 aromatic heterocycles. The van der Waals surface area contributed by atoms with Gasteiger partial charge in [0.25, 0.3) is 20.2 Å². The predicted octanol–water partition coefficient (Wildman–Crippen LogP) is -0.816. The molecule has 0 radical (unpaired) electrons. The van der Waals surface area contributed by atoms with Crippen molar-refractivity contribution in [1.29, 1.82) is 0 Å². The monoisotopic (exact) mass is 226 g/mol. The Labute approximate surface area is 70.5 Å². The van der Waals surface area contributed by atoms with Crippen LogP contribution in [0.5, 0.6) is 0 Å². The molecule has 2 N–H and O–H groups in total. The normalized spacial score (nSPS) is 12.2. The van der Waals surface area contributed by atoms with Crippen molar-refractivity contribution >= 4 is 32.6 Å². The van der Waals surface area contributed by atoms with Gasteiger partial charge in [0.1, 0.15) is 0 Å². The van der Waals surface area contributed by atoms with Crippen LogP contribution >= 0.6 is 12.4 Å². The van der Waals surface area contributed by atoms with Gasteiger partial charge < -0.3 is 0 Å². The van der Waals surface area contributed by atoms with Crippen molar-refractivity contribution in [1.82, 2.24) is 0 Å². The second-order valence-corrected chi connectivity index (χ2v) is 4.72. The molecule has 9 heteroatoms. The lowest BCUT2D eigenvalue weighted by atomic mass is 11.0. The Morgan fingerprint density at radius 3 is 1.09 bits per heavy atom. The van der Waals surface area contributed by atoms with Crippen molar-refractivity contribution in [2.45, 2.75) is 0 Å². The van der Waals surface area contributed by atoms with E-state index in [2.05, 4.69) is 0 Å². The van der Waals surface area contributed by atoms with Crippen LogP contribution in [0.4, 0.5) is 0 Å². The molecule has 0 aliphatic rings. The first-order valence-corrected chi connectivity index (χ1v) is 5.33. The van der Waals surface area contributed by atoms with E-state index in [4.69, 9.17) is 9.11 Å². The summed E-state index contributed by atoms with van der Waals surface area (Å²) in [5.74, 6) is -1.96. The Balaban J connectivity index is 0. The van der Waals surface area contributed by atoms with Crippen molar-refractivity contribution < 1.29 is 25.9 Å². The van der Waals surface area contributed by atoms with E-state index in [1.165, 1.54) is 0 Å². The van der Waals surface area contributed by atoms with Crippen LogP contribution in [0.25, 0.3) is 0 Å². The molecule has 0 heterocycles. The van der Waals surface area contributed by atoms with Crippen LogP contribution in [0.3, 0.4) is 0 Å². The van der Waals surface area contributed by atoms with E-state index < -0.39 is 31.7 Å². The van der Waals surface area contributed by atoms with Crippen molar-refractivity contribution in [3.8, 4) is 0 Å². The minimum atomic E-state index is -4.30. The lowest BCUT2D eigenvalue weighted by Gasteiger charge is -1.92.